The quantitative estimate of drug-likeness (QED) is 0.347. The van der Waals surface area contributed by atoms with E-state index in [0.717, 1.165) is 38.5 Å². The van der Waals surface area contributed by atoms with Crippen LogP contribution in [0.25, 0.3) is 0 Å². The Labute approximate surface area is 190 Å². The lowest BCUT2D eigenvalue weighted by atomic mass is 9.66. The lowest BCUT2D eigenvalue weighted by Crippen LogP contribution is -2.56. The maximum atomic E-state index is 13.7. The van der Waals surface area contributed by atoms with E-state index in [2.05, 4.69) is 19.2 Å². The Morgan fingerprint density at radius 3 is 2.68 bits per heavy atom. The number of fused-ring (bicyclic) bond motifs is 1. The number of carbonyl (C=O) groups excluding carboxylic acids is 3. The summed E-state index contributed by atoms with van der Waals surface area (Å²) in [5.74, 6) is -1.23. The highest BCUT2D eigenvalue weighted by atomic mass is 32.2. The number of likely N-dealkylation sites (tertiary alicyclic amines) is 1. The minimum atomic E-state index is -0.564. The average molecular weight is 455 g/mol. The van der Waals surface area contributed by atoms with Crippen molar-refractivity contribution in [2.75, 3.05) is 26.3 Å². The molecule has 176 valence electrons. The fourth-order valence-corrected chi connectivity index (χ4v) is 8.23. The van der Waals surface area contributed by atoms with Crippen LogP contribution < -0.4 is 5.32 Å². The van der Waals surface area contributed by atoms with E-state index in [-0.39, 0.29) is 35.6 Å². The molecule has 2 N–H and O–H groups in total. The number of nitrogens with one attached hydrogen (secondary N) is 1. The molecule has 3 unspecified atom stereocenters. The summed E-state index contributed by atoms with van der Waals surface area (Å²) in [4.78, 5) is 41.7. The summed E-state index contributed by atoms with van der Waals surface area (Å²) < 4.78 is 4.79. The van der Waals surface area contributed by atoms with Gasteiger partial charge in [-0.1, -0.05) is 26.7 Å². The molecule has 3 heterocycles. The molecule has 0 aromatic rings. The van der Waals surface area contributed by atoms with Gasteiger partial charge in [-0.2, -0.15) is 0 Å². The zero-order valence-corrected chi connectivity index (χ0v) is 19.9. The average Bonchev–Trinajstić information content (AvgIpc) is 3.33. The molecule has 0 aliphatic carbocycles. The van der Waals surface area contributed by atoms with Crippen molar-refractivity contribution in [2.24, 2.45) is 17.8 Å². The number of hydrogen-bond acceptors (Lipinski definition) is 6. The molecule has 0 saturated carbocycles. The third-order valence-corrected chi connectivity index (χ3v) is 9.27. The van der Waals surface area contributed by atoms with Gasteiger partial charge in [0, 0.05) is 24.9 Å². The van der Waals surface area contributed by atoms with Crippen molar-refractivity contribution in [1.29, 1.82) is 0 Å². The Morgan fingerprint density at radius 2 is 2.00 bits per heavy atom. The van der Waals surface area contributed by atoms with Gasteiger partial charge in [0.2, 0.25) is 11.8 Å². The van der Waals surface area contributed by atoms with E-state index in [4.69, 9.17) is 9.84 Å². The Morgan fingerprint density at radius 1 is 1.23 bits per heavy atom. The summed E-state index contributed by atoms with van der Waals surface area (Å²) >= 11 is 1.69. The number of aliphatic hydroxyl groups is 1. The lowest BCUT2D eigenvalue weighted by molar-refractivity contribution is -0.154. The van der Waals surface area contributed by atoms with Gasteiger partial charge in [0.1, 0.15) is 6.04 Å². The molecule has 31 heavy (non-hydrogen) atoms. The van der Waals surface area contributed by atoms with Crippen LogP contribution >= 0.6 is 11.8 Å². The number of carbonyl (C=O) groups is 3. The van der Waals surface area contributed by atoms with E-state index in [0.29, 0.717) is 26.1 Å². The van der Waals surface area contributed by atoms with Crippen LogP contribution in [-0.4, -0.2) is 70.1 Å². The molecular formula is C23H38N2O5S. The normalized spacial score (nSPS) is 33.6. The maximum Gasteiger partial charge on any atom is 0.310 e. The largest absolute Gasteiger partial charge is 0.466 e. The van der Waals surface area contributed by atoms with Crippen LogP contribution in [0.3, 0.4) is 0 Å². The predicted molar refractivity (Wildman–Crippen MR) is 120 cm³/mol. The van der Waals surface area contributed by atoms with Gasteiger partial charge in [0.05, 0.1) is 23.2 Å². The summed E-state index contributed by atoms with van der Waals surface area (Å²) in [6.07, 6.45) is 6.11. The van der Waals surface area contributed by atoms with Gasteiger partial charge in [0.25, 0.3) is 0 Å². The fraction of sp³-hybridized carbons (Fsp3) is 0.870. The summed E-state index contributed by atoms with van der Waals surface area (Å²) in [5, 5.41) is 12.2. The summed E-state index contributed by atoms with van der Waals surface area (Å²) in [6.45, 7) is 7.55. The molecule has 2 amide bonds. The second kappa shape index (κ2) is 10.6. The molecule has 3 rings (SSSR count). The molecular weight excluding hydrogens is 416 g/mol. The van der Waals surface area contributed by atoms with Gasteiger partial charge in [-0.15, -0.1) is 11.8 Å². The number of nitrogens with zero attached hydrogens (tertiary/aromatic N) is 1. The van der Waals surface area contributed by atoms with E-state index >= 15 is 0 Å². The maximum absolute atomic E-state index is 13.7. The first-order chi connectivity index (χ1) is 14.9. The van der Waals surface area contributed by atoms with E-state index in [1.807, 2.05) is 0 Å². The number of rotatable bonds is 12. The number of hydrogen-bond donors (Lipinski definition) is 2. The number of esters is 1. The Bertz CT molecular complexity index is 674. The third-order valence-electron chi connectivity index (χ3n) is 7.19. The van der Waals surface area contributed by atoms with Gasteiger partial charge in [-0.05, 0) is 44.9 Å². The van der Waals surface area contributed by atoms with Crippen molar-refractivity contribution in [2.45, 2.75) is 81.8 Å². The van der Waals surface area contributed by atoms with Crippen LogP contribution in [-0.2, 0) is 19.1 Å². The second-order valence-electron chi connectivity index (χ2n) is 9.12. The molecule has 0 radical (unpaired) electrons. The molecule has 3 aliphatic heterocycles. The Kier molecular flexibility index (Phi) is 8.30. The fourth-order valence-electron chi connectivity index (χ4n) is 5.82. The molecule has 8 heteroatoms. The smallest absolute Gasteiger partial charge is 0.310 e. The zero-order valence-electron chi connectivity index (χ0n) is 19.1. The molecule has 6 atom stereocenters. The number of unbranched alkanes of at least 4 members (excludes halogenated alkanes) is 4. The van der Waals surface area contributed by atoms with Crippen molar-refractivity contribution < 1.29 is 24.2 Å². The first-order valence-corrected chi connectivity index (χ1v) is 12.8. The standard InChI is InChI=1S/C23H38N2O5S/c1-4-6-8-11-24-20(27)19-23-15(3)14-16(31-23)17(22(29)30-5-2)18(23)21(28)25(19)12-9-7-10-13-26/h15-19,26H,4-14H2,1-3H3,(H,24,27)/t15?,16-,17+,18-,19?,23?/m0/s1. The summed E-state index contributed by atoms with van der Waals surface area (Å²) in [5.41, 5.74) is 0. The molecule has 0 aromatic carbocycles. The van der Waals surface area contributed by atoms with Gasteiger partial charge in [0.15, 0.2) is 0 Å². The third kappa shape index (κ3) is 4.34. The van der Waals surface area contributed by atoms with E-state index in [1.54, 1.807) is 23.6 Å². The monoisotopic (exact) mass is 454 g/mol. The zero-order chi connectivity index (χ0) is 22.6. The highest BCUT2D eigenvalue weighted by Crippen LogP contribution is 2.68. The second-order valence-corrected chi connectivity index (χ2v) is 10.7. The van der Waals surface area contributed by atoms with Crippen molar-refractivity contribution in [3.63, 3.8) is 0 Å². The number of thioether (sulfide) groups is 1. The molecule has 2 bridgehead atoms. The highest BCUT2D eigenvalue weighted by Gasteiger charge is 2.76. The SMILES string of the molecule is CCCCCNC(=O)C1N(CCCCCO)C(=O)[C@@H]2[C@H](C(=O)OCC)[C@@H]3CC(C)C12S3. The van der Waals surface area contributed by atoms with Crippen LogP contribution in [0.4, 0.5) is 0 Å². The minimum Gasteiger partial charge on any atom is -0.466 e. The lowest BCUT2D eigenvalue weighted by Gasteiger charge is -2.38. The van der Waals surface area contributed by atoms with Crippen molar-refractivity contribution in [1.82, 2.24) is 10.2 Å². The van der Waals surface area contributed by atoms with Crippen LogP contribution in [0.15, 0.2) is 0 Å². The van der Waals surface area contributed by atoms with E-state index < -0.39 is 22.6 Å². The van der Waals surface area contributed by atoms with Crippen molar-refractivity contribution in [3.8, 4) is 0 Å². The number of amides is 2. The van der Waals surface area contributed by atoms with Crippen molar-refractivity contribution >= 4 is 29.5 Å². The summed E-state index contributed by atoms with van der Waals surface area (Å²) in [6, 6.07) is -0.551. The van der Waals surface area contributed by atoms with Gasteiger partial charge in [-0.25, -0.2) is 0 Å². The Balaban J connectivity index is 1.87. The first-order valence-electron chi connectivity index (χ1n) is 12.0. The molecule has 0 aromatic heterocycles. The van der Waals surface area contributed by atoms with Crippen LogP contribution in [0.1, 0.15) is 65.7 Å². The molecule has 1 spiro atoms. The van der Waals surface area contributed by atoms with Gasteiger partial charge in [-0.3, -0.25) is 14.4 Å². The highest BCUT2D eigenvalue weighted by molar-refractivity contribution is 8.02. The topological polar surface area (TPSA) is 95.9 Å². The van der Waals surface area contributed by atoms with E-state index in [1.165, 1.54) is 0 Å². The first kappa shape index (κ1) is 24.4. The van der Waals surface area contributed by atoms with Crippen LogP contribution in [0.2, 0.25) is 0 Å². The van der Waals surface area contributed by atoms with Crippen molar-refractivity contribution in [3.05, 3.63) is 0 Å². The molecule has 3 fully saturated rings. The van der Waals surface area contributed by atoms with Gasteiger partial charge < -0.3 is 20.1 Å². The number of aliphatic hydroxyl groups excluding tert-OH is 1. The Hall–Kier alpha value is -1.28. The van der Waals surface area contributed by atoms with Gasteiger partial charge >= 0.3 is 5.97 Å². The molecule has 3 saturated heterocycles. The number of ether oxygens (including phenoxy) is 1. The summed E-state index contributed by atoms with van der Waals surface area (Å²) in [7, 11) is 0. The molecule has 7 nitrogen and oxygen atoms in total. The predicted octanol–water partition coefficient (Wildman–Crippen LogP) is 2.36. The minimum absolute atomic E-state index is 0.0370. The van der Waals surface area contributed by atoms with Crippen LogP contribution in [0, 0.1) is 17.8 Å². The molecule has 3 aliphatic rings. The van der Waals surface area contributed by atoms with Crippen LogP contribution in [0.5, 0.6) is 0 Å². The van der Waals surface area contributed by atoms with E-state index in [9.17, 15) is 14.4 Å².